The number of hydrogen-bond acceptors (Lipinski definition) is 3. The van der Waals surface area contributed by atoms with Crippen molar-refractivity contribution in [1.29, 1.82) is 0 Å². The third kappa shape index (κ3) is 2.45. The van der Waals surface area contributed by atoms with Crippen LogP contribution in [0.5, 0.6) is 5.75 Å². The summed E-state index contributed by atoms with van der Waals surface area (Å²) in [5.41, 5.74) is 0.791. The van der Waals surface area contributed by atoms with Crippen molar-refractivity contribution in [1.82, 2.24) is 0 Å². The quantitative estimate of drug-likeness (QED) is 0.907. The SMILES string of the molecule is O=C(COc1ccc(CO)cc1)C12CC3CC(CC(C3)C1)C2. The summed E-state index contributed by atoms with van der Waals surface area (Å²) >= 11 is 0. The molecule has 0 spiro atoms. The minimum Gasteiger partial charge on any atom is -0.486 e. The second-order valence-electron chi connectivity index (χ2n) is 7.71. The molecule has 1 aromatic carbocycles. The van der Waals surface area contributed by atoms with Gasteiger partial charge in [0.2, 0.25) is 0 Å². The van der Waals surface area contributed by atoms with E-state index in [0.29, 0.717) is 5.78 Å². The van der Waals surface area contributed by atoms with Crippen molar-refractivity contribution in [3.05, 3.63) is 29.8 Å². The Morgan fingerprint density at radius 1 is 1.05 bits per heavy atom. The fourth-order valence-electron chi connectivity index (χ4n) is 5.45. The smallest absolute Gasteiger partial charge is 0.176 e. The van der Waals surface area contributed by atoms with Gasteiger partial charge < -0.3 is 9.84 Å². The van der Waals surface area contributed by atoms with Crippen LogP contribution in [0.1, 0.15) is 44.1 Å². The molecule has 1 N–H and O–H groups in total. The molecule has 5 rings (SSSR count). The molecule has 0 saturated heterocycles. The van der Waals surface area contributed by atoms with Crippen LogP contribution < -0.4 is 4.74 Å². The van der Waals surface area contributed by atoms with Crippen molar-refractivity contribution in [2.24, 2.45) is 23.2 Å². The van der Waals surface area contributed by atoms with Crippen LogP contribution >= 0.6 is 0 Å². The molecule has 0 radical (unpaired) electrons. The molecule has 3 nitrogen and oxygen atoms in total. The molecular weight excluding hydrogens is 276 g/mol. The molecule has 3 heteroatoms. The highest BCUT2D eigenvalue weighted by molar-refractivity contribution is 5.86. The number of hydrogen-bond donors (Lipinski definition) is 1. The van der Waals surface area contributed by atoms with Crippen LogP contribution in [0.3, 0.4) is 0 Å². The van der Waals surface area contributed by atoms with Crippen molar-refractivity contribution < 1.29 is 14.6 Å². The van der Waals surface area contributed by atoms with E-state index in [2.05, 4.69) is 0 Å². The first-order valence-electron chi connectivity index (χ1n) is 8.53. The molecule has 4 saturated carbocycles. The molecule has 0 heterocycles. The summed E-state index contributed by atoms with van der Waals surface area (Å²) in [6.45, 7) is 0.233. The molecule has 0 unspecified atom stereocenters. The van der Waals surface area contributed by atoms with Gasteiger partial charge in [0.05, 0.1) is 6.61 Å². The van der Waals surface area contributed by atoms with Crippen LogP contribution in [0.4, 0.5) is 0 Å². The molecule has 4 aliphatic rings. The van der Waals surface area contributed by atoms with Crippen LogP contribution in [-0.4, -0.2) is 17.5 Å². The third-order valence-electron chi connectivity index (χ3n) is 6.11. The lowest BCUT2D eigenvalue weighted by molar-refractivity contribution is -0.145. The van der Waals surface area contributed by atoms with Gasteiger partial charge in [0.1, 0.15) is 12.4 Å². The zero-order valence-electron chi connectivity index (χ0n) is 13.0. The molecule has 4 aliphatic carbocycles. The summed E-state index contributed by atoms with van der Waals surface area (Å²) in [5, 5.41) is 9.05. The standard InChI is InChI=1S/C19H24O3/c20-11-13-1-3-17(4-2-13)22-12-18(21)19-8-14-5-15(9-19)7-16(6-14)10-19/h1-4,14-16,20H,5-12H2. The normalized spacial score (nSPS) is 35.6. The fraction of sp³-hybridized carbons (Fsp3) is 0.632. The molecule has 4 bridgehead atoms. The van der Waals surface area contributed by atoms with E-state index < -0.39 is 0 Å². The van der Waals surface area contributed by atoms with Gasteiger partial charge in [-0.2, -0.15) is 0 Å². The maximum Gasteiger partial charge on any atom is 0.176 e. The molecule has 4 fully saturated rings. The Labute approximate surface area is 131 Å². The van der Waals surface area contributed by atoms with Crippen LogP contribution in [0, 0.1) is 23.2 Å². The average molecular weight is 300 g/mol. The van der Waals surface area contributed by atoms with E-state index in [1.807, 2.05) is 24.3 Å². The first kappa shape index (κ1) is 14.3. The van der Waals surface area contributed by atoms with Crippen LogP contribution in [0.2, 0.25) is 0 Å². The minimum atomic E-state index is -0.0697. The maximum absolute atomic E-state index is 12.8. The third-order valence-corrected chi connectivity index (χ3v) is 6.11. The largest absolute Gasteiger partial charge is 0.486 e. The maximum atomic E-state index is 12.8. The molecule has 0 atom stereocenters. The Morgan fingerprint density at radius 3 is 2.09 bits per heavy atom. The van der Waals surface area contributed by atoms with E-state index in [0.717, 1.165) is 48.3 Å². The molecule has 22 heavy (non-hydrogen) atoms. The number of ketones is 1. The Hall–Kier alpha value is -1.35. The highest BCUT2D eigenvalue weighted by Gasteiger charge is 2.54. The predicted octanol–water partition coefficient (Wildman–Crippen LogP) is 3.34. The lowest BCUT2D eigenvalue weighted by Crippen LogP contribution is -2.51. The Bertz CT molecular complexity index is 525. The Morgan fingerprint density at radius 2 is 1.59 bits per heavy atom. The fourth-order valence-corrected chi connectivity index (χ4v) is 5.45. The number of ether oxygens (including phenoxy) is 1. The van der Waals surface area contributed by atoms with Crippen molar-refractivity contribution in [3.63, 3.8) is 0 Å². The zero-order valence-corrected chi connectivity index (χ0v) is 13.0. The summed E-state index contributed by atoms with van der Waals surface area (Å²) in [6, 6.07) is 7.34. The first-order valence-corrected chi connectivity index (χ1v) is 8.53. The van der Waals surface area contributed by atoms with Crippen molar-refractivity contribution in [3.8, 4) is 5.75 Å². The topological polar surface area (TPSA) is 46.5 Å². The van der Waals surface area contributed by atoms with Crippen LogP contribution in [0.25, 0.3) is 0 Å². The van der Waals surface area contributed by atoms with E-state index in [1.54, 1.807) is 0 Å². The number of aliphatic hydroxyl groups is 1. The summed E-state index contributed by atoms with van der Waals surface area (Å²) in [5.74, 6) is 3.41. The van der Waals surface area contributed by atoms with Gasteiger partial charge in [-0.25, -0.2) is 0 Å². The van der Waals surface area contributed by atoms with Gasteiger partial charge in [0.15, 0.2) is 5.78 Å². The molecule has 118 valence electrons. The van der Waals surface area contributed by atoms with Gasteiger partial charge in [-0.05, 0) is 74.0 Å². The number of aliphatic hydroxyl groups excluding tert-OH is 1. The highest BCUT2D eigenvalue weighted by Crippen LogP contribution is 2.60. The van der Waals surface area contributed by atoms with Gasteiger partial charge in [0, 0.05) is 5.41 Å². The molecule has 0 amide bonds. The number of Topliss-reactive ketones (excluding diaryl/α,β-unsaturated/α-hetero) is 1. The van der Waals surface area contributed by atoms with E-state index in [1.165, 1.54) is 19.3 Å². The second-order valence-corrected chi connectivity index (χ2v) is 7.71. The van der Waals surface area contributed by atoms with Crippen molar-refractivity contribution in [2.45, 2.75) is 45.1 Å². The van der Waals surface area contributed by atoms with Crippen molar-refractivity contribution >= 4 is 5.78 Å². The predicted molar refractivity (Wildman–Crippen MR) is 83.5 cm³/mol. The van der Waals surface area contributed by atoms with Crippen LogP contribution in [0.15, 0.2) is 24.3 Å². The molecule has 0 aromatic heterocycles. The summed E-state index contributed by atoms with van der Waals surface area (Å²) < 4.78 is 5.73. The lowest BCUT2D eigenvalue weighted by atomic mass is 9.48. The van der Waals surface area contributed by atoms with E-state index >= 15 is 0 Å². The van der Waals surface area contributed by atoms with Gasteiger partial charge in [-0.1, -0.05) is 12.1 Å². The highest BCUT2D eigenvalue weighted by atomic mass is 16.5. The minimum absolute atomic E-state index is 0.0342. The second kappa shape index (κ2) is 5.38. The monoisotopic (exact) mass is 300 g/mol. The number of rotatable bonds is 5. The lowest BCUT2D eigenvalue weighted by Gasteiger charge is -2.55. The number of carbonyl (C=O) groups is 1. The van der Waals surface area contributed by atoms with Gasteiger partial charge in [0.25, 0.3) is 0 Å². The Kier molecular flexibility index (Phi) is 3.48. The van der Waals surface area contributed by atoms with E-state index in [4.69, 9.17) is 9.84 Å². The summed E-state index contributed by atoms with van der Waals surface area (Å²) in [7, 11) is 0. The van der Waals surface area contributed by atoms with E-state index in [9.17, 15) is 4.79 Å². The van der Waals surface area contributed by atoms with Gasteiger partial charge in [-0.15, -0.1) is 0 Å². The number of benzene rings is 1. The molecule has 0 aliphatic heterocycles. The van der Waals surface area contributed by atoms with Gasteiger partial charge >= 0.3 is 0 Å². The molecule has 1 aromatic rings. The van der Waals surface area contributed by atoms with Crippen molar-refractivity contribution in [2.75, 3.05) is 6.61 Å². The Balaban J connectivity index is 1.41. The average Bonchev–Trinajstić information content (AvgIpc) is 2.51. The zero-order chi connectivity index (χ0) is 15.2. The van der Waals surface area contributed by atoms with E-state index in [-0.39, 0.29) is 18.6 Å². The summed E-state index contributed by atoms with van der Waals surface area (Å²) in [6.07, 6.45) is 7.38. The first-order chi connectivity index (χ1) is 10.7. The molecular formula is C19H24O3. The van der Waals surface area contributed by atoms with Gasteiger partial charge in [-0.3, -0.25) is 4.79 Å². The van der Waals surface area contributed by atoms with Crippen LogP contribution in [-0.2, 0) is 11.4 Å². The number of carbonyl (C=O) groups excluding carboxylic acids is 1. The summed E-state index contributed by atoms with van der Waals surface area (Å²) in [4.78, 5) is 12.8.